The molecule has 0 aliphatic carbocycles. The second-order valence-electron chi connectivity index (χ2n) is 10.2. The number of halogens is 3. The number of benzene rings is 3. The average Bonchev–Trinajstić information content (AvgIpc) is 3.35. The van der Waals surface area contributed by atoms with Gasteiger partial charge in [0.05, 0.1) is 11.4 Å². The van der Waals surface area contributed by atoms with E-state index in [2.05, 4.69) is 25.7 Å². The zero-order valence-electron chi connectivity index (χ0n) is 24.1. The number of benzodiazepines with no additional fused rings is 1. The number of amides is 2. The number of nitrogens with one attached hydrogen (secondary N) is 2. The molecule has 0 saturated carbocycles. The van der Waals surface area contributed by atoms with Crippen molar-refractivity contribution in [2.24, 2.45) is 10.7 Å². The molecule has 4 N–H and O–H groups in total. The maximum atomic E-state index is 15.5. The summed E-state index contributed by atoms with van der Waals surface area (Å²) >= 11 is 0. The molecule has 0 unspecified atom stereocenters. The maximum Gasteiger partial charge on any atom is 0.322 e. The lowest BCUT2D eigenvalue weighted by atomic mass is 10.0. The molecule has 234 valence electrons. The number of anilines is 1. The van der Waals surface area contributed by atoms with E-state index in [0.29, 0.717) is 16.7 Å². The lowest BCUT2D eigenvalue weighted by Crippen LogP contribution is -2.42. The second-order valence-corrected chi connectivity index (χ2v) is 10.2. The summed E-state index contributed by atoms with van der Waals surface area (Å²) in [5, 5.41) is 9.52. The fourth-order valence-electron chi connectivity index (χ4n) is 4.83. The fourth-order valence-corrected chi connectivity index (χ4v) is 4.83. The Morgan fingerprint density at radius 1 is 1.04 bits per heavy atom. The van der Waals surface area contributed by atoms with Crippen LogP contribution in [0.3, 0.4) is 0 Å². The van der Waals surface area contributed by atoms with Gasteiger partial charge in [0, 0.05) is 29.1 Å². The van der Waals surface area contributed by atoms with E-state index < -0.39 is 41.6 Å². The predicted molar refractivity (Wildman–Crippen MR) is 167 cm³/mol. The summed E-state index contributed by atoms with van der Waals surface area (Å²) in [4.78, 5) is 47.8. The van der Waals surface area contributed by atoms with Gasteiger partial charge in [-0.05, 0) is 36.8 Å². The number of para-hydroxylation sites is 1. The summed E-state index contributed by atoms with van der Waals surface area (Å²) in [6, 6.07) is 18.0. The Labute approximate surface area is 266 Å². The Kier molecular flexibility index (Phi) is 9.16. The minimum absolute atomic E-state index is 0. The van der Waals surface area contributed by atoms with Crippen LogP contribution in [0.2, 0.25) is 0 Å². The van der Waals surface area contributed by atoms with Crippen molar-refractivity contribution in [2.45, 2.75) is 25.7 Å². The van der Waals surface area contributed by atoms with Crippen LogP contribution in [0.4, 0.5) is 14.5 Å². The molecule has 1 aliphatic heterocycles. The van der Waals surface area contributed by atoms with Gasteiger partial charge in [0.2, 0.25) is 6.17 Å². The summed E-state index contributed by atoms with van der Waals surface area (Å²) in [5.41, 5.74) is 6.86. The summed E-state index contributed by atoms with van der Waals surface area (Å²) in [5.74, 6) is -3.67. The van der Waals surface area contributed by atoms with Crippen molar-refractivity contribution in [1.29, 1.82) is 0 Å². The van der Waals surface area contributed by atoms with Crippen LogP contribution in [-0.4, -0.2) is 50.3 Å². The van der Waals surface area contributed by atoms with Crippen molar-refractivity contribution in [2.75, 3.05) is 5.32 Å². The van der Waals surface area contributed by atoms with Crippen LogP contribution in [0.1, 0.15) is 34.0 Å². The standard InChI is InChI=1S/C32H25F2N7O4.ClH/c1-17(35)32(44)45-16-18-11-12-20(23(34)15-18)27-24(29-36-13-6-14-41(29)40-27)30(42)39-28-31(43)38-26-21(9-5-10-22(26)33)25(37-28)19-7-3-2-4-8-19;/h2-15,17,28H,16,35H2,1H3,(H,38,43)(H,39,42);1H/t17-,28+;/m0./s1. The van der Waals surface area contributed by atoms with E-state index in [-0.39, 0.29) is 52.9 Å². The summed E-state index contributed by atoms with van der Waals surface area (Å²) in [6.07, 6.45) is 1.47. The van der Waals surface area contributed by atoms with Gasteiger partial charge < -0.3 is 21.1 Å². The first kappa shape index (κ1) is 31.9. The average molecular weight is 646 g/mol. The molecule has 0 radical (unpaired) electrons. The molecule has 5 aromatic rings. The fraction of sp³-hybridized carbons (Fsp3) is 0.125. The molecule has 11 nitrogen and oxygen atoms in total. The maximum absolute atomic E-state index is 15.5. The second kappa shape index (κ2) is 13.2. The number of rotatable bonds is 7. The molecule has 14 heteroatoms. The Morgan fingerprint density at radius 2 is 1.83 bits per heavy atom. The number of ether oxygens (including phenoxy) is 1. The van der Waals surface area contributed by atoms with Crippen molar-refractivity contribution < 1.29 is 27.9 Å². The van der Waals surface area contributed by atoms with Crippen LogP contribution in [-0.2, 0) is 20.9 Å². The van der Waals surface area contributed by atoms with Gasteiger partial charge in [0.25, 0.3) is 11.8 Å². The minimum Gasteiger partial charge on any atom is -0.460 e. The molecule has 3 heterocycles. The minimum atomic E-state index is -1.50. The third-order valence-electron chi connectivity index (χ3n) is 7.00. The van der Waals surface area contributed by atoms with Crippen LogP contribution in [0.25, 0.3) is 16.9 Å². The molecule has 2 amide bonds. The van der Waals surface area contributed by atoms with Gasteiger partial charge >= 0.3 is 5.97 Å². The predicted octanol–water partition coefficient (Wildman–Crippen LogP) is 4.03. The Bertz CT molecular complexity index is 2000. The highest BCUT2D eigenvalue weighted by atomic mass is 35.5. The Hall–Kier alpha value is -5.53. The van der Waals surface area contributed by atoms with E-state index in [1.807, 2.05) is 0 Å². The van der Waals surface area contributed by atoms with E-state index in [4.69, 9.17) is 10.5 Å². The zero-order chi connectivity index (χ0) is 31.7. The van der Waals surface area contributed by atoms with Crippen molar-refractivity contribution in [3.8, 4) is 11.3 Å². The van der Waals surface area contributed by atoms with E-state index in [1.165, 1.54) is 48.1 Å². The smallest absolute Gasteiger partial charge is 0.322 e. The first-order valence-corrected chi connectivity index (χ1v) is 13.8. The lowest BCUT2D eigenvalue weighted by molar-refractivity contribution is -0.146. The monoisotopic (exact) mass is 645 g/mol. The quantitative estimate of drug-likeness (QED) is 0.226. The number of esters is 1. The third-order valence-corrected chi connectivity index (χ3v) is 7.00. The van der Waals surface area contributed by atoms with Gasteiger partial charge in [-0.25, -0.2) is 23.3 Å². The molecule has 0 saturated heterocycles. The highest BCUT2D eigenvalue weighted by molar-refractivity contribution is 6.20. The van der Waals surface area contributed by atoms with Crippen molar-refractivity contribution >= 4 is 47.2 Å². The normalized spacial score (nSPS) is 14.7. The van der Waals surface area contributed by atoms with Gasteiger partial charge in [0.1, 0.15) is 35.5 Å². The van der Waals surface area contributed by atoms with Crippen molar-refractivity contribution in [1.82, 2.24) is 19.9 Å². The highest BCUT2D eigenvalue weighted by Crippen LogP contribution is 2.30. The van der Waals surface area contributed by atoms with Crippen LogP contribution in [0.5, 0.6) is 0 Å². The third kappa shape index (κ3) is 6.18. The topological polar surface area (TPSA) is 153 Å². The molecular formula is C32H26ClF2N7O4. The van der Waals surface area contributed by atoms with E-state index in [1.54, 1.807) is 42.5 Å². The first-order valence-electron chi connectivity index (χ1n) is 13.8. The molecule has 0 fully saturated rings. The van der Waals surface area contributed by atoms with Crippen LogP contribution >= 0.6 is 12.4 Å². The van der Waals surface area contributed by atoms with Crippen LogP contribution in [0.15, 0.2) is 90.2 Å². The van der Waals surface area contributed by atoms with Gasteiger partial charge in [-0.2, -0.15) is 5.10 Å². The molecule has 1 aliphatic rings. The molecule has 0 bridgehead atoms. The van der Waals surface area contributed by atoms with E-state index in [0.717, 1.165) is 6.07 Å². The zero-order valence-corrected chi connectivity index (χ0v) is 24.9. The van der Waals surface area contributed by atoms with E-state index in [9.17, 15) is 18.8 Å². The Morgan fingerprint density at radius 3 is 2.57 bits per heavy atom. The molecule has 2 aromatic heterocycles. The van der Waals surface area contributed by atoms with Crippen molar-refractivity contribution in [3.05, 3.63) is 119 Å². The number of hydrogen-bond acceptors (Lipinski definition) is 8. The summed E-state index contributed by atoms with van der Waals surface area (Å²) < 4.78 is 36.8. The number of carbonyl (C=O) groups excluding carboxylic acids is 3. The number of carbonyl (C=O) groups is 3. The molecule has 3 aromatic carbocycles. The van der Waals surface area contributed by atoms with Crippen LogP contribution in [0, 0.1) is 11.6 Å². The molecular weight excluding hydrogens is 620 g/mol. The Balaban J connectivity index is 0.00000417. The number of nitrogens with two attached hydrogens (primary N) is 1. The van der Waals surface area contributed by atoms with Gasteiger partial charge in [0.15, 0.2) is 5.65 Å². The van der Waals surface area contributed by atoms with Crippen molar-refractivity contribution in [3.63, 3.8) is 0 Å². The number of aliphatic imine (C=N–C) groups is 1. The summed E-state index contributed by atoms with van der Waals surface area (Å²) in [7, 11) is 0. The van der Waals surface area contributed by atoms with Gasteiger partial charge in [-0.15, -0.1) is 12.4 Å². The number of aromatic nitrogens is 3. The van der Waals surface area contributed by atoms with Gasteiger partial charge in [-0.3, -0.25) is 14.4 Å². The molecule has 0 spiro atoms. The molecule has 6 rings (SSSR count). The first-order chi connectivity index (χ1) is 21.7. The molecule has 46 heavy (non-hydrogen) atoms. The number of hydrogen-bond donors (Lipinski definition) is 3. The highest BCUT2D eigenvalue weighted by Gasteiger charge is 2.32. The lowest BCUT2D eigenvalue weighted by Gasteiger charge is -2.14. The molecule has 2 atom stereocenters. The summed E-state index contributed by atoms with van der Waals surface area (Å²) in [6.45, 7) is 1.26. The van der Waals surface area contributed by atoms with E-state index >= 15 is 4.39 Å². The van der Waals surface area contributed by atoms with Crippen LogP contribution < -0.4 is 16.4 Å². The van der Waals surface area contributed by atoms with Gasteiger partial charge in [-0.1, -0.05) is 48.5 Å². The SMILES string of the molecule is C[C@H](N)C(=O)OCc1ccc(-c2nn3cccnc3c2C(=O)N[C@H]2N=C(c3ccccc3)c3cccc(F)c3NC2=O)c(F)c1.Cl. The largest absolute Gasteiger partial charge is 0.460 e. The number of nitrogens with zero attached hydrogens (tertiary/aromatic N) is 4. The number of fused-ring (bicyclic) bond motifs is 2.